The summed E-state index contributed by atoms with van der Waals surface area (Å²) in [5, 5.41) is 3.69. The Hall–Kier alpha value is -3.47. The summed E-state index contributed by atoms with van der Waals surface area (Å²) in [4.78, 5) is 30.5. The van der Waals surface area contributed by atoms with Crippen LogP contribution in [0.3, 0.4) is 0 Å². The molecule has 0 atom stereocenters. The number of carbonyl (C=O) groups is 2. The third-order valence-electron chi connectivity index (χ3n) is 6.20. The molecule has 0 unspecified atom stereocenters. The van der Waals surface area contributed by atoms with Gasteiger partial charge in [0, 0.05) is 11.4 Å². The maximum Gasteiger partial charge on any atom is 0.339 e. The Labute approximate surface area is 194 Å². The molecule has 1 aromatic heterocycles. The topological polar surface area (TPSA) is 68.3 Å². The van der Waals surface area contributed by atoms with E-state index in [2.05, 4.69) is 23.5 Å². The quantitative estimate of drug-likeness (QED) is 0.486. The Kier molecular flexibility index (Phi) is 7.18. The van der Waals surface area contributed by atoms with E-state index in [1.54, 1.807) is 0 Å². The molecule has 1 N–H and O–H groups in total. The number of rotatable bonds is 7. The van der Waals surface area contributed by atoms with Gasteiger partial charge in [0.1, 0.15) is 0 Å². The maximum absolute atomic E-state index is 13.3. The molecule has 3 aromatic rings. The molecule has 170 valence electrons. The molecule has 1 aliphatic carbocycles. The van der Waals surface area contributed by atoms with Gasteiger partial charge in [0.25, 0.3) is 5.91 Å². The van der Waals surface area contributed by atoms with Gasteiger partial charge in [-0.05, 0) is 60.9 Å². The van der Waals surface area contributed by atoms with Gasteiger partial charge in [-0.25, -0.2) is 9.78 Å². The molecule has 0 saturated heterocycles. The van der Waals surface area contributed by atoms with Crippen molar-refractivity contribution in [2.75, 3.05) is 6.61 Å². The number of fused-ring (bicyclic) bond motifs is 2. The molecule has 5 nitrogen and oxygen atoms in total. The van der Waals surface area contributed by atoms with E-state index in [0.717, 1.165) is 65.4 Å². The molecule has 1 heterocycles. The van der Waals surface area contributed by atoms with E-state index < -0.39 is 5.97 Å². The van der Waals surface area contributed by atoms with Crippen LogP contribution < -0.4 is 5.32 Å². The molecule has 4 rings (SSSR count). The van der Waals surface area contributed by atoms with Gasteiger partial charge in [0.05, 0.1) is 16.8 Å². The number of hydrogen-bond acceptors (Lipinski definition) is 4. The number of hydrogen-bond donors (Lipinski definition) is 1. The molecular weight excluding hydrogens is 412 g/mol. The van der Waals surface area contributed by atoms with Crippen molar-refractivity contribution < 1.29 is 14.3 Å². The van der Waals surface area contributed by atoms with Crippen molar-refractivity contribution >= 4 is 34.4 Å². The second kappa shape index (κ2) is 10.4. The highest BCUT2D eigenvalue weighted by molar-refractivity contribution is 6.07. The molecule has 0 spiro atoms. The predicted molar refractivity (Wildman–Crippen MR) is 132 cm³/mol. The van der Waals surface area contributed by atoms with Crippen LogP contribution in [0, 0.1) is 0 Å². The summed E-state index contributed by atoms with van der Waals surface area (Å²) < 4.78 is 5.51. The lowest BCUT2D eigenvalue weighted by Crippen LogP contribution is -2.37. The highest BCUT2D eigenvalue weighted by atomic mass is 16.5. The van der Waals surface area contributed by atoms with Crippen LogP contribution in [0.15, 0.2) is 54.6 Å². The van der Waals surface area contributed by atoms with Gasteiger partial charge in [-0.3, -0.25) is 4.79 Å². The summed E-state index contributed by atoms with van der Waals surface area (Å²) in [6.45, 7) is 3.76. The van der Waals surface area contributed by atoms with Crippen molar-refractivity contribution in [2.45, 2.75) is 52.0 Å². The molecule has 2 aromatic carbocycles. The number of benzene rings is 2. The minimum Gasteiger partial charge on any atom is -0.452 e. The standard InChI is InChI=1S/C28H30N2O3/c1-3-21(4-2)29-25(31)18-33-28(32)26-22-14-8-9-16-24(22)30-27-20(13-10-15-23(26)27)17-19-11-6-5-7-12-19/h5-9,11-12,14,16-17,21H,3-4,10,13,15,18H2,1-2H3,(H,29,31). The number of esters is 1. The highest BCUT2D eigenvalue weighted by Gasteiger charge is 2.26. The maximum atomic E-state index is 13.3. The van der Waals surface area contributed by atoms with E-state index in [9.17, 15) is 9.59 Å². The summed E-state index contributed by atoms with van der Waals surface area (Å²) in [5.74, 6) is -0.737. The van der Waals surface area contributed by atoms with Crippen LogP contribution >= 0.6 is 0 Å². The summed E-state index contributed by atoms with van der Waals surface area (Å²) in [6, 6.07) is 17.9. The second-order valence-corrected chi connectivity index (χ2v) is 8.42. The number of pyridine rings is 1. The molecule has 0 radical (unpaired) electrons. The number of ether oxygens (including phenoxy) is 1. The number of aromatic nitrogens is 1. The van der Waals surface area contributed by atoms with Crippen LogP contribution in [0.5, 0.6) is 0 Å². The smallest absolute Gasteiger partial charge is 0.339 e. The van der Waals surface area contributed by atoms with Crippen LogP contribution in [0.25, 0.3) is 22.6 Å². The molecule has 0 aliphatic heterocycles. The average Bonchev–Trinajstić information content (AvgIpc) is 2.85. The minimum absolute atomic E-state index is 0.0939. The van der Waals surface area contributed by atoms with E-state index in [4.69, 9.17) is 9.72 Å². The summed E-state index contributed by atoms with van der Waals surface area (Å²) >= 11 is 0. The third kappa shape index (κ3) is 5.14. The van der Waals surface area contributed by atoms with Gasteiger partial charge in [-0.15, -0.1) is 0 Å². The van der Waals surface area contributed by atoms with E-state index in [0.29, 0.717) is 5.56 Å². The fourth-order valence-corrected chi connectivity index (χ4v) is 4.42. The van der Waals surface area contributed by atoms with Crippen molar-refractivity contribution in [1.82, 2.24) is 10.3 Å². The molecule has 33 heavy (non-hydrogen) atoms. The lowest BCUT2D eigenvalue weighted by atomic mass is 9.86. The van der Waals surface area contributed by atoms with Crippen molar-refractivity contribution in [3.8, 4) is 0 Å². The van der Waals surface area contributed by atoms with Gasteiger partial charge < -0.3 is 10.1 Å². The first-order valence-electron chi connectivity index (χ1n) is 11.7. The molecule has 1 amide bonds. The lowest BCUT2D eigenvalue weighted by Gasteiger charge is -2.22. The van der Waals surface area contributed by atoms with Gasteiger partial charge in [-0.1, -0.05) is 62.4 Å². The summed E-state index contributed by atoms with van der Waals surface area (Å²) in [6.07, 6.45) is 6.42. The van der Waals surface area contributed by atoms with Gasteiger partial charge in [0.2, 0.25) is 0 Å². The first-order valence-corrected chi connectivity index (χ1v) is 11.7. The molecular formula is C28H30N2O3. The zero-order chi connectivity index (χ0) is 23.2. The largest absolute Gasteiger partial charge is 0.452 e. The highest BCUT2D eigenvalue weighted by Crippen LogP contribution is 2.36. The van der Waals surface area contributed by atoms with E-state index in [-0.39, 0.29) is 18.6 Å². The van der Waals surface area contributed by atoms with Gasteiger partial charge in [-0.2, -0.15) is 0 Å². The lowest BCUT2D eigenvalue weighted by molar-refractivity contribution is -0.125. The van der Waals surface area contributed by atoms with Crippen molar-refractivity contribution in [3.05, 3.63) is 77.0 Å². The Morgan fingerprint density at radius 3 is 2.52 bits per heavy atom. The molecule has 0 saturated carbocycles. The third-order valence-corrected chi connectivity index (χ3v) is 6.20. The van der Waals surface area contributed by atoms with Crippen LogP contribution in [0.1, 0.15) is 66.7 Å². The van der Waals surface area contributed by atoms with Crippen molar-refractivity contribution in [1.29, 1.82) is 0 Å². The Balaban J connectivity index is 1.69. The predicted octanol–water partition coefficient (Wildman–Crippen LogP) is 5.57. The number of amides is 1. The second-order valence-electron chi connectivity index (χ2n) is 8.42. The van der Waals surface area contributed by atoms with Gasteiger partial charge in [0.15, 0.2) is 6.61 Å². The fraction of sp³-hybridized carbons (Fsp3) is 0.321. The van der Waals surface area contributed by atoms with Crippen LogP contribution in [0.2, 0.25) is 0 Å². The molecule has 1 aliphatic rings. The van der Waals surface area contributed by atoms with E-state index in [1.165, 1.54) is 0 Å². The van der Waals surface area contributed by atoms with Crippen LogP contribution in [-0.4, -0.2) is 29.5 Å². The van der Waals surface area contributed by atoms with E-state index >= 15 is 0 Å². The molecule has 0 fully saturated rings. The average molecular weight is 443 g/mol. The number of allylic oxidation sites excluding steroid dienone is 1. The first-order chi connectivity index (χ1) is 16.1. The van der Waals surface area contributed by atoms with Crippen LogP contribution in [-0.2, 0) is 16.0 Å². The molecule has 5 heteroatoms. The monoisotopic (exact) mass is 442 g/mol. The van der Waals surface area contributed by atoms with Crippen LogP contribution in [0.4, 0.5) is 0 Å². The normalized spacial score (nSPS) is 14.3. The Bertz CT molecular complexity index is 1180. The Morgan fingerprint density at radius 2 is 1.76 bits per heavy atom. The zero-order valence-electron chi connectivity index (χ0n) is 19.3. The Morgan fingerprint density at radius 1 is 1.03 bits per heavy atom. The SMILES string of the molecule is CCC(CC)NC(=O)COC(=O)c1c2c(nc3ccccc13)C(=Cc1ccccc1)CCC2. The summed E-state index contributed by atoms with van der Waals surface area (Å²) in [7, 11) is 0. The van der Waals surface area contributed by atoms with Crippen molar-refractivity contribution in [2.24, 2.45) is 0 Å². The fourth-order valence-electron chi connectivity index (χ4n) is 4.42. The zero-order valence-corrected chi connectivity index (χ0v) is 19.3. The summed E-state index contributed by atoms with van der Waals surface area (Å²) in [5.41, 5.74) is 5.28. The number of nitrogens with zero attached hydrogens (tertiary/aromatic N) is 1. The number of nitrogens with one attached hydrogen (secondary N) is 1. The number of para-hydroxylation sites is 1. The molecule has 0 bridgehead atoms. The minimum atomic E-state index is -0.467. The van der Waals surface area contributed by atoms with Crippen molar-refractivity contribution in [3.63, 3.8) is 0 Å². The van der Waals surface area contributed by atoms with Gasteiger partial charge >= 0.3 is 5.97 Å². The number of carbonyl (C=O) groups excluding carboxylic acids is 2. The van der Waals surface area contributed by atoms with E-state index in [1.807, 2.05) is 56.3 Å². The first kappa shape index (κ1) is 22.7.